The summed E-state index contributed by atoms with van der Waals surface area (Å²) in [5, 5.41) is 3.68. The molecule has 5 heteroatoms. The first-order valence-electron chi connectivity index (χ1n) is 8.70. The number of hydrogen-bond acceptors (Lipinski definition) is 3. The van der Waals surface area contributed by atoms with Crippen molar-refractivity contribution >= 4 is 10.0 Å². The van der Waals surface area contributed by atoms with Crippen molar-refractivity contribution in [3.63, 3.8) is 0 Å². The van der Waals surface area contributed by atoms with Crippen LogP contribution in [0.15, 0.2) is 24.3 Å². The minimum absolute atomic E-state index is 0.273. The van der Waals surface area contributed by atoms with Crippen LogP contribution in [-0.4, -0.2) is 43.6 Å². The van der Waals surface area contributed by atoms with Gasteiger partial charge < -0.3 is 5.32 Å². The molecular weight excluding hydrogens is 308 g/mol. The van der Waals surface area contributed by atoms with Crippen LogP contribution in [0.25, 0.3) is 0 Å². The van der Waals surface area contributed by atoms with E-state index < -0.39 is 10.0 Å². The topological polar surface area (TPSA) is 49.4 Å². The van der Waals surface area contributed by atoms with Gasteiger partial charge in [-0.3, -0.25) is 0 Å². The second kappa shape index (κ2) is 8.27. The fourth-order valence-electron chi connectivity index (χ4n) is 3.32. The Hall–Kier alpha value is -0.910. The minimum Gasteiger partial charge on any atom is -0.311 e. The minimum atomic E-state index is -3.03. The largest absolute Gasteiger partial charge is 0.311 e. The molecule has 4 nitrogen and oxygen atoms in total. The highest BCUT2D eigenvalue weighted by Crippen LogP contribution is 2.17. The zero-order valence-electron chi connectivity index (χ0n) is 14.6. The first-order valence-corrected chi connectivity index (χ1v) is 10.3. The Balaban J connectivity index is 1.81. The molecule has 1 aliphatic heterocycles. The van der Waals surface area contributed by atoms with E-state index in [1.807, 2.05) is 6.92 Å². The van der Waals surface area contributed by atoms with E-state index in [1.54, 1.807) is 4.31 Å². The SMILES string of the molecule is CCCS(=O)(=O)N1CCC(N[C@H](C)Cc2ccccc2C)CC1. The summed E-state index contributed by atoms with van der Waals surface area (Å²) >= 11 is 0. The smallest absolute Gasteiger partial charge is 0.214 e. The Morgan fingerprint density at radius 1 is 1.26 bits per heavy atom. The van der Waals surface area contributed by atoms with Crippen LogP contribution >= 0.6 is 0 Å². The van der Waals surface area contributed by atoms with Gasteiger partial charge in [0.1, 0.15) is 0 Å². The molecule has 0 amide bonds. The summed E-state index contributed by atoms with van der Waals surface area (Å²) < 4.78 is 25.9. The molecule has 1 fully saturated rings. The van der Waals surface area contributed by atoms with Crippen LogP contribution in [0, 0.1) is 6.92 Å². The molecule has 1 aromatic rings. The van der Waals surface area contributed by atoms with E-state index >= 15 is 0 Å². The summed E-state index contributed by atoms with van der Waals surface area (Å²) in [6.07, 6.45) is 3.51. The Labute approximate surface area is 141 Å². The third-order valence-corrected chi connectivity index (χ3v) is 6.69. The highest BCUT2D eigenvalue weighted by molar-refractivity contribution is 7.89. The van der Waals surface area contributed by atoms with Crippen LogP contribution in [0.2, 0.25) is 0 Å². The van der Waals surface area contributed by atoms with Gasteiger partial charge in [-0.25, -0.2) is 12.7 Å². The van der Waals surface area contributed by atoms with Crippen LogP contribution in [0.1, 0.15) is 44.2 Å². The summed E-state index contributed by atoms with van der Waals surface area (Å²) in [6, 6.07) is 9.32. The fraction of sp³-hybridized carbons (Fsp3) is 0.667. The fourth-order valence-corrected chi connectivity index (χ4v) is 4.86. The van der Waals surface area contributed by atoms with Gasteiger partial charge >= 0.3 is 0 Å². The summed E-state index contributed by atoms with van der Waals surface area (Å²) in [5.41, 5.74) is 2.72. The predicted octanol–water partition coefficient (Wildman–Crippen LogP) is 2.72. The summed E-state index contributed by atoms with van der Waals surface area (Å²) in [4.78, 5) is 0. The van der Waals surface area contributed by atoms with Crippen LogP contribution in [0.4, 0.5) is 0 Å². The molecule has 1 aliphatic rings. The van der Waals surface area contributed by atoms with Gasteiger partial charge in [0.15, 0.2) is 0 Å². The number of aryl methyl sites for hydroxylation is 1. The van der Waals surface area contributed by atoms with Gasteiger partial charge in [-0.15, -0.1) is 0 Å². The number of piperidine rings is 1. The Morgan fingerprint density at radius 3 is 2.52 bits per heavy atom. The third-order valence-electron chi connectivity index (χ3n) is 4.62. The Morgan fingerprint density at radius 2 is 1.91 bits per heavy atom. The van der Waals surface area contributed by atoms with Crippen molar-refractivity contribution in [3.8, 4) is 0 Å². The molecule has 0 spiro atoms. The van der Waals surface area contributed by atoms with Crippen LogP contribution in [0.3, 0.4) is 0 Å². The zero-order chi connectivity index (χ0) is 16.9. The molecule has 1 heterocycles. The van der Waals surface area contributed by atoms with Crippen molar-refractivity contribution in [1.29, 1.82) is 0 Å². The first kappa shape index (κ1) is 18.4. The van der Waals surface area contributed by atoms with Crippen LogP contribution in [0.5, 0.6) is 0 Å². The first-order chi connectivity index (χ1) is 10.9. The van der Waals surface area contributed by atoms with Gasteiger partial charge in [0.05, 0.1) is 5.75 Å². The molecule has 1 saturated heterocycles. The van der Waals surface area contributed by atoms with Gasteiger partial charge in [-0.1, -0.05) is 31.2 Å². The standard InChI is InChI=1S/C18H30N2O2S/c1-4-13-23(21,22)20-11-9-18(10-12-20)19-16(3)14-17-8-6-5-7-15(17)2/h5-8,16,18-19H,4,9-14H2,1-3H3/t16-/m1/s1. The lowest BCUT2D eigenvalue weighted by atomic mass is 10.00. The van der Waals surface area contributed by atoms with E-state index in [4.69, 9.17) is 0 Å². The highest BCUT2D eigenvalue weighted by Gasteiger charge is 2.27. The lowest BCUT2D eigenvalue weighted by Crippen LogP contribution is -2.48. The molecule has 1 N–H and O–H groups in total. The Kier molecular flexibility index (Phi) is 6.62. The van der Waals surface area contributed by atoms with Crippen molar-refractivity contribution in [2.45, 2.75) is 58.5 Å². The normalized spacial score (nSPS) is 18.9. The van der Waals surface area contributed by atoms with E-state index in [-0.39, 0.29) is 5.75 Å². The molecule has 1 atom stereocenters. The number of nitrogens with one attached hydrogen (secondary N) is 1. The lowest BCUT2D eigenvalue weighted by molar-refractivity contribution is 0.276. The van der Waals surface area contributed by atoms with E-state index in [0.29, 0.717) is 31.6 Å². The molecule has 0 radical (unpaired) electrons. The van der Waals surface area contributed by atoms with Gasteiger partial charge in [0.25, 0.3) is 0 Å². The maximum atomic E-state index is 12.1. The van der Waals surface area contributed by atoms with E-state index in [2.05, 4.69) is 43.4 Å². The van der Waals surface area contributed by atoms with Crippen molar-refractivity contribution in [3.05, 3.63) is 35.4 Å². The molecule has 130 valence electrons. The van der Waals surface area contributed by atoms with Crippen molar-refractivity contribution in [2.75, 3.05) is 18.8 Å². The quantitative estimate of drug-likeness (QED) is 0.832. The monoisotopic (exact) mass is 338 g/mol. The number of hydrogen-bond donors (Lipinski definition) is 1. The second-order valence-electron chi connectivity index (χ2n) is 6.69. The molecule has 0 aromatic heterocycles. The highest BCUT2D eigenvalue weighted by atomic mass is 32.2. The van der Waals surface area contributed by atoms with Gasteiger partial charge in [-0.2, -0.15) is 0 Å². The van der Waals surface area contributed by atoms with Crippen LogP contribution in [-0.2, 0) is 16.4 Å². The molecule has 2 rings (SSSR count). The number of rotatable bonds is 7. The van der Waals surface area contributed by atoms with Gasteiger partial charge in [0, 0.05) is 25.2 Å². The number of nitrogens with zero attached hydrogens (tertiary/aromatic N) is 1. The lowest BCUT2D eigenvalue weighted by Gasteiger charge is -2.33. The van der Waals surface area contributed by atoms with E-state index in [1.165, 1.54) is 11.1 Å². The third kappa shape index (κ3) is 5.30. The number of benzene rings is 1. The van der Waals surface area contributed by atoms with Crippen molar-refractivity contribution in [1.82, 2.24) is 9.62 Å². The molecule has 1 aromatic carbocycles. The van der Waals surface area contributed by atoms with E-state index in [9.17, 15) is 8.42 Å². The zero-order valence-corrected chi connectivity index (χ0v) is 15.4. The van der Waals surface area contributed by atoms with Crippen LogP contribution < -0.4 is 5.32 Å². The molecule has 0 aliphatic carbocycles. The molecule has 0 saturated carbocycles. The summed E-state index contributed by atoms with van der Waals surface area (Å²) in [5.74, 6) is 0.273. The van der Waals surface area contributed by atoms with E-state index in [0.717, 1.165) is 19.3 Å². The predicted molar refractivity (Wildman–Crippen MR) is 96.2 cm³/mol. The molecule has 23 heavy (non-hydrogen) atoms. The van der Waals surface area contributed by atoms with Crippen molar-refractivity contribution in [2.24, 2.45) is 0 Å². The maximum Gasteiger partial charge on any atom is 0.214 e. The van der Waals surface area contributed by atoms with Gasteiger partial charge in [0.2, 0.25) is 10.0 Å². The number of sulfonamides is 1. The second-order valence-corrected chi connectivity index (χ2v) is 8.78. The molecular formula is C18H30N2O2S. The van der Waals surface area contributed by atoms with Gasteiger partial charge in [-0.05, 0) is 50.7 Å². The summed E-state index contributed by atoms with van der Waals surface area (Å²) in [7, 11) is -3.03. The average molecular weight is 339 g/mol. The molecule has 0 bridgehead atoms. The maximum absolute atomic E-state index is 12.1. The summed E-state index contributed by atoms with van der Waals surface area (Å²) in [6.45, 7) is 7.58. The Bertz CT molecular complexity index is 593. The van der Waals surface area contributed by atoms with Crippen molar-refractivity contribution < 1.29 is 8.42 Å². The molecule has 0 unspecified atom stereocenters. The average Bonchev–Trinajstić information content (AvgIpc) is 2.50.